The monoisotopic (exact) mass is 327 g/mol. The van der Waals surface area contributed by atoms with E-state index in [0.29, 0.717) is 5.96 Å². The van der Waals surface area contributed by atoms with Gasteiger partial charge in [-0.25, -0.2) is 0 Å². The summed E-state index contributed by atoms with van der Waals surface area (Å²) in [4.78, 5) is 6.61. The van der Waals surface area contributed by atoms with E-state index < -0.39 is 0 Å². The third-order valence-corrected chi connectivity index (χ3v) is 4.49. The van der Waals surface area contributed by atoms with Crippen LogP contribution in [0.15, 0.2) is 27.7 Å². The molecule has 0 amide bonds. The van der Waals surface area contributed by atoms with Gasteiger partial charge in [0.25, 0.3) is 0 Å². The summed E-state index contributed by atoms with van der Waals surface area (Å²) in [5.74, 6) is 1.47. The van der Waals surface area contributed by atoms with E-state index >= 15 is 0 Å². The largest absolute Gasteiger partial charge is 0.370 e. The molecule has 1 fully saturated rings. The SMILES string of the molecule is NC1=NCC(c2ccc(Cl)cc2Br)N1CC1CC1. The van der Waals surface area contributed by atoms with Gasteiger partial charge in [-0.05, 0) is 36.5 Å². The fraction of sp³-hybridized carbons (Fsp3) is 0.462. The lowest BCUT2D eigenvalue weighted by Gasteiger charge is -2.27. The second-order valence-electron chi connectivity index (χ2n) is 4.98. The standard InChI is InChI=1S/C13H15BrClN3/c14-11-5-9(15)3-4-10(11)12-6-17-13(16)18(12)7-8-1-2-8/h3-5,8,12H,1-2,6-7H2,(H2,16,17). The molecule has 1 aliphatic carbocycles. The highest BCUT2D eigenvalue weighted by Crippen LogP contribution is 2.37. The van der Waals surface area contributed by atoms with Gasteiger partial charge < -0.3 is 10.6 Å². The molecule has 0 bridgehead atoms. The molecule has 2 aliphatic rings. The molecule has 0 saturated heterocycles. The lowest BCUT2D eigenvalue weighted by atomic mass is 10.1. The first-order valence-electron chi connectivity index (χ1n) is 6.16. The van der Waals surface area contributed by atoms with E-state index in [1.165, 1.54) is 18.4 Å². The van der Waals surface area contributed by atoms with E-state index in [0.717, 1.165) is 28.5 Å². The average molecular weight is 329 g/mol. The second kappa shape index (κ2) is 4.74. The van der Waals surface area contributed by atoms with Crippen LogP contribution in [0.4, 0.5) is 0 Å². The Hall–Kier alpha value is -0.740. The molecule has 1 aliphatic heterocycles. The van der Waals surface area contributed by atoms with Gasteiger partial charge in [-0.2, -0.15) is 0 Å². The number of nitrogens with two attached hydrogens (primary N) is 1. The van der Waals surface area contributed by atoms with Crippen LogP contribution in [0, 0.1) is 5.92 Å². The molecule has 3 rings (SSSR count). The maximum absolute atomic E-state index is 6.00. The Morgan fingerprint density at radius 2 is 2.22 bits per heavy atom. The number of hydrogen-bond donors (Lipinski definition) is 1. The first kappa shape index (κ1) is 12.3. The minimum atomic E-state index is 0.247. The van der Waals surface area contributed by atoms with Crippen LogP contribution < -0.4 is 5.73 Å². The Morgan fingerprint density at radius 3 is 2.89 bits per heavy atom. The van der Waals surface area contributed by atoms with Crippen molar-refractivity contribution in [2.24, 2.45) is 16.6 Å². The predicted molar refractivity (Wildman–Crippen MR) is 77.8 cm³/mol. The van der Waals surface area contributed by atoms with E-state index in [9.17, 15) is 0 Å². The van der Waals surface area contributed by atoms with Gasteiger partial charge in [-0.15, -0.1) is 0 Å². The fourth-order valence-corrected chi connectivity index (χ4v) is 3.31. The van der Waals surface area contributed by atoms with E-state index in [1.54, 1.807) is 0 Å². The molecule has 3 nitrogen and oxygen atoms in total. The molecule has 18 heavy (non-hydrogen) atoms. The van der Waals surface area contributed by atoms with Crippen LogP contribution in [0.3, 0.4) is 0 Å². The Morgan fingerprint density at radius 1 is 1.44 bits per heavy atom. The molecule has 2 N–H and O–H groups in total. The molecular weight excluding hydrogens is 314 g/mol. The van der Waals surface area contributed by atoms with Crippen molar-refractivity contribution >= 4 is 33.5 Å². The summed E-state index contributed by atoms with van der Waals surface area (Å²) in [5, 5.41) is 0.742. The lowest BCUT2D eigenvalue weighted by Crippen LogP contribution is -2.37. The van der Waals surface area contributed by atoms with Gasteiger partial charge >= 0.3 is 0 Å². The van der Waals surface area contributed by atoms with Gasteiger partial charge in [0.2, 0.25) is 0 Å². The van der Waals surface area contributed by atoms with Gasteiger partial charge in [0.05, 0.1) is 12.6 Å². The van der Waals surface area contributed by atoms with Crippen molar-refractivity contribution in [3.8, 4) is 0 Å². The molecule has 1 atom stereocenters. The maximum Gasteiger partial charge on any atom is 0.191 e. The highest BCUT2D eigenvalue weighted by molar-refractivity contribution is 9.10. The highest BCUT2D eigenvalue weighted by Gasteiger charge is 2.33. The van der Waals surface area contributed by atoms with Crippen molar-refractivity contribution in [2.45, 2.75) is 18.9 Å². The van der Waals surface area contributed by atoms with Crippen LogP contribution in [0.5, 0.6) is 0 Å². The molecule has 96 valence electrons. The minimum absolute atomic E-state index is 0.247. The predicted octanol–water partition coefficient (Wildman–Crippen LogP) is 3.18. The number of guanidine groups is 1. The van der Waals surface area contributed by atoms with Crippen LogP contribution in [0.1, 0.15) is 24.4 Å². The van der Waals surface area contributed by atoms with Gasteiger partial charge in [0.15, 0.2) is 5.96 Å². The summed E-state index contributed by atoms with van der Waals surface area (Å²) in [7, 11) is 0. The Labute approximate surface area is 120 Å². The Balaban J connectivity index is 1.85. The average Bonchev–Trinajstić information content (AvgIpc) is 3.06. The summed E-state index contributed by atoms with van der Waals surface area (Å²) in [5.41, 5.74) is 7.21. The summed E-state index contributed by atoms with van der Waals surface area (Å²) in [6.07, 6.45) is 2.64. The third-order valence-electron chi connectivity index (χ3n) is 3.57. The second-order valence-corrected chi connectivity index (χ2v) is 6.27. The van der Waals surface area contributed by atoms with Crippen molar-refractivity contribution in [1.29, 1.82) is 0 Å². The smallest absolute Gasteiger partial charge is 0.191 e. The molecule has 1 aromatic rings. The Kier molecular flexibility index (Phi) is 3.24. The van der Waals surface area contributed by atoms with Gasteiger partial charge in [-0.1, -0.05) is 33.6 Å². The topological polar surface area (TPSA) is 41.6 Å². The normalized spacial score (nSPS) is 23.3. The van der Waals surface area contributed by atoms with Crippen molar-refractivity contribution in [2.75, 3.05) is 13.1 Å². The zero-order valence-electron chi connectivity index (χ0n) is 9.94. The van der Waals surface area contributed by atoms with Crippen LogP contribution in [-0.2, 0) is 0 Å². The van der Waals surface area contributed by atoms with Crippen molar-refractivity contribution in [1.82, 2.24) is 4.90 Å². The molecule has 0 aromatic heterocycles. The first-order valence-corrected chi connectivity index (χ1v) is 7.34. The number of hydrogen-bond acceptors (Lipinski definition) is 3. The molecule has 1 saturated carbocycles. The van der Waals surface area contributed by atoms with Crippen LogP contribution in [0.25, 0.3) is 0 Å². The van der Waals surface area contributed by atoms with Gasteiger partial charge in [0, 0.05) is 16.0 Å². The number of nitrogens with zero attached hydrogens (tertiary/aromatic N) is 2. The number of rotatable bonds is 3. The maximum atomic E-state index is 6.00. The van der Waals surface area contributed by atoms with Crippen molar-refractivity contribution < 1.29 is 0 Å². The summed E-state index contributed by atoms with van der Waals surface area (Å²) >= 11 is 9.57. The van der Waals surface area contributed by atoms with E-state index in [-0.39, 0.29) is 6.04 Å². The number of aliphatic imine (C=N–C) groups is 1. The van der Waals surface area contributed by atoms with Crippen LogP contribution in [0.2, 0.25) is 5.02 Å². The minimum Gasteiger partial charge on any atom is -0.370 e. The molecule has 0 radical (unpaired) electrons. The highest BCUT2D eigenvalue weighted by atomic mass is 79.9. The van der Waals surface area contributed by atoms with Crippen molar-refractivity contribution in [3.63, 3.8) is 0 Å². The van der Waals surface area contributed by atoms with Gasteiger partial charge in [-0.3, -0.25) is 4.99 Å². The quantitative estimate of drug-likeness (QED) is 0.926. The summed E-state index contributed by atoms with van der Waals surface area (Å²) < 4.78 is 1.03. The van der Waals surface area contributed by atoms with E-state index in [2.05, 4.69) is 31.9 Å². The van der Waals surface area contributed by atoms with Crippen molar-refractivity contribution in [3.05, 3.63) is 33.3 Å². The third kappa shape index (κ3) is 2.36. The number of benzene rings is 1. The Bertz CT molecular complexity index is 499. The fourth-order valence-electron chi connectivity index (χ4n) is 2.37. The summed E-state index contributed by atoms with van der Waals surface area (Å²) in [6, 6.07) is 6.16. The molecule has 1 aromatic carbocycles. The van der Waals surface area contributed by atoms with E-state index in [4.69, 9.17) is 17.3 Å². The molecular formula is C13H15BrClN3. The van der Waals surface area contributed by atoms with Crippen LogP contribution in [-0.4, -0.2) is 23.9 Å². The first-order chi connectivity index (χ1) is 8.65. The molecule has 5 heteroatoms. The van der Waals surface area contributed by atoms with Gasteiger partial charge in [0.1, 0.15) is 0 Å². The molecule has 1 heterocycles. The number of halogens is 2. The lowest BCUT2D eigenvalue weighted by molar-refractivity contribution is 0.333. The zero-order valence-corrected chi connectivity index (χ0v) is 12.3. The molecule has 1 unspecified atom stereocenters. The zero-order chi connectivity index (χ0) is 12.7. The summed E-state index contributed by atoms with van der Waals surface area (Å²) in [6.45, 7) is 1.76. The van der Waals surface area contributed by atoms with Crippen LogP contribution >= 0.6 is 27.5 Å². The molecule has 0 spiro atoms. The van der Waals surface area contributed by atoms with E-state index in [1.807, 2.05) is 12.1 Å².